The first-order chi connectivity index (χ1) is 8.13. The highest BCUT2D eigenvalue weighted by molar-refractivity contribution is 6.42. The molecule has 1 aromatic rings. The van der Waals surface area contributed by atoms with Gasteiger partial charge in [-0.15, -0.1) is 0 Å². The van der Waals surface area contributed by atoms with Crippen LogP contribution in [0.15, 0.2) is 18.2 Å². The molecule has 0 fully saturated rings. The van der Waals surface area contributed by atoms with Crippen molar-refractivity contribution in [2.24, 2.45) is 0 Å². The second-order valence-electron chi connectivity index (χ2n) is 3.61. The number of carbonyl (C=O) groups is 3. The van der Waals surface area contributed by atoms with Gasteiger partial charge in [-0.2, -0.15) is 0 Å². The molecule has 2 rings (SSSR count). The predicted octanol–water partition coefficient (Wildman–Crippen LogP) is 0.927. The largest absolute Gasteiger partial charge is 0.460 e. The Kier molecular flexibility index (Phi) is 2.91. The van der Waals surface area contributed by atoms with Gasteiger partial charge in [-0.05, 0) is 18.6 Å². The third kappa shape index (κ3) is 2.04. The van der Waals surface area contributed by atoms with Crippen molar-refractivity contribution in [2.75, 3.05) is 11.9 Å². The van der Waals surface area contributed by atoms with E-state index in [0.29, 0.717) is 5.69 Å². The molecule has 1 amide bonds. The number of para-hydroxylation sites is 1. The number of anilines is 1. The molecule has 0 saturated heterocycles. The number of carbonyl (C=O) groups excluding carboxylic acids is 3. The molecule has 0 saturated carbocycles. The highest BCUT2D eigenvalue weighted by atomic mass is 16.5. The van der Waals surface area contributed by atoms with Crippen molar-refractivity contribution in [3.05, 3.63) is 29.3 Å². The zero-order chi connectivity index (χ0) is 12.4. The summed E-state index contributed by atoms with van der Waals surface area (Å²) in [4.78, 5) is 34.3. The number of ketones is 1. The monoisotopic (exact) mass is 233 g/mol. The molecule has 0 unspecified atom stereocenters. The molecule has 1 aromatic carbocycles. The van der Waals surface area contributed by atoms with E-state index in [1.165, 1.54) is 6.07 Å². The normalized spacial score (nSPS) is 12.9. The van der Waals surface area contributed by atoms with E-state index in [4.69, 9.17) is 0 Å². The van der Waals surface area contributed by atoms with Crippen LogP contribution < -0.4 is 5.32 Å². The molecule has 0 atom stereocenters. The lowest BCUT2D eigenvalue weighted by atomic mass is 10.0. The lowest BCUT2D eigenvalue weighted by Crippen LogP contribution is -2.19. The van der Waals surface area contributed by atoms with E-state index in [1.54, 1.807) is 19.1 Å². The van der Waals surface area contributed by atoms with Crippen LogP contribution in [0.25, 0.3) is 0 Å². The van der Waals surface area contributed by atoms with Crippen LogP contribution in [-0.4, -0.2) is 24.3 Å². The Morgan fingerprint density at radius 2 is 2.18 bits per heavy atom. The van der Waals surface area contributed by atoms with E-state index >= 15 is 0 Å². The van der Waals surface area contributed by atoms with Crippen molar-refractivity contribution in [3.63, 3.8) is 0 Å². The minimum absolute atomic E-state index is 0.145. The summed E-state index contributed by atoms with van der Waals surface area (Å²) in [6.45, 7) is 1.77. The van der Waals surface area contributed by atoms with Gasteiger partial charge in [0.1, 0.15) is 0 Å². The summed E-state index contributed by atoms with van der Waals surface area (Å²) in [7, 11) is 0. The molecule has 0 spiro atoms. The maximum atomic E-state index is 11.8. The first-order valence-electron chi connectivity index (χ1n) is 5.26. The van der Waals surface area contributed by atoms with Gasteiger partial charge in [-0.1, -0.05) is 12.1 Å². The van der Waals surface area contributed by atoms with Crippen LogP contribution in [0, 0.1) is 0 Å². The molecule has 0 aromatic heterocycles. The summed E-state index contributed by atoms with van der Waals surface area (Å²) in [5, 5.41) is 2.58. The molecular weight excluding hydrogens is 222 g/mol. The summed E-state index contributed by atoms with van der Waals surface area (Å²) < 4.78 is 4.64. The second-order valence-corrected chi connectivity index (χ2v) is 3.61. The Morgan fingerprint density at radius 3 is 2.88 bits per heavy atom. The van der Waals surface area contributed by atoms with Crippen LogP contribution in [0.1, 0.15) is 22.8 Å². The van der Waals surface area contributed by atoms with Crippen molar-refractivity contribution in [1.82, 2.24) is 0 Å². The Morgan fingerprint density at radius 1 is 1.41 bits per heavy atom. The minimum Gasteiger partial charge on any atom is -0.460 e. The van der Waals surface area contributed by atoms with Crippen molar-refractivity contribution >= 4 is 23.3 Å². The van der Waals surface area contributed by atoms with Crippen LogP contribution in [0.2, 0.25) is 0 Å². The quantitative estimate of drug-likeness (QED) is 0.479. The van der Waals surface area contributed by atoms with Crippen molar-refractivity contribution < 1.29 is 19.1 Å². The van der Waals surface area contributed by atoms with Crippen molar-refractivity contribution in [1.29, 1.82) is 0 Å². The van der Waals surface area contributed by atoms with E-state index in [9.17, 15) is 14.4 Å². The Labute approximate surface area is 97.8 Å². The van der Waals surface area contributed by atoms with Gasteiger partial charge in [0, 0.05) is 0 Å². The van der Waals surface area contributed by atoms with Crippen LogP contribution in [0.3, 0.4) is 0 Å². The summed E-state index contributed by atoms with van der Waals surface area (Å²) in [6.07, 6.45) is 0.235. The van der Waals surface area contributed by atoms with Gasteiger partial charge in [0.2, 0.25) is 5.91 Å². The molecule has 0 bridgehead atoms. The highest BCUT2D eigenvalue weighted by Crippen LogP contribution is 2.27. The first kappa shape index (κ1) is 11.3. The standard InChI is InChI=1S/C12H11NO4/c1-2-17-12(16)11(15)8-5-3-4-7-6-9(14)13-10(7)8/h3-5H,2,6H2,1H3,(H,13,14). The zero-order valence-corrected chi connectivity index (χ0v) is 9.28. The molecule has 17 heavy (non-hydrogen) atoms. The van der Waals surface area contributed by atoms with E-state index in [0.717, 1.165) is 5.56 Å². The highest BCUT2D eigenvalue weighted by Gasteiger charge is 2.27. The average Bonchev–Trinajstić information content (AvgIpc) is 2.68. The van der Waals surface area contributed by atoms with Crippen LogP contribution in [0.4, 0.5) is 5.69 Å². The van der Waals surface area contributed by atoms with Gasteiger partial charge >= 0.3 is 5.97 Å². The molecular formula is C12H11NO4. The Hall–Kier alpha value is -2.17. The van der Waals surface area contributed by atoms with Gasteiger partial charge in [0.05, 0.1) is 24.3 Å². The maximum absolute atomic E-state index is 11.8. The molecule has 88 valence electrons. The summed E-state index contributed by atoms with van der Waals surface area (Å²) in [5.41, 5.74) is 1.34. The van der Waals surface area contributed by atoms with Crippen LogP contribution >= 0.6 is 0 Å². The van der Waals surface area contributed by atoms with Gasteiger partial charge < -0.3 is 10.1 Å². The number of rotatable bonds is 3. The smallest absolute Gasteiger partial charge is 0.379 e. The fourth-order valence-corrected chi connectivity index (χ4v) is 1.75. The number of nitrogens with one attached hydrogen (secondary N) is 1. The summed E-state index contributed by atoms with van der Waals surface area (Å²) >= 11 is 0. The molecule has 5 heteroatoms. The molecule has 0 radical (unpaired) electrons. The summed E-state index contributed by atoms with van der Waals surface area (Å²) in [5.74, 6) is -1.81. The number of fused-ring (bicyclic) bond motifs is 1. The first-order valence-corrected chi connectivity index (χ1v) is 5.26. The number of hydrogen-bond donors (Lipinski definition) is 1. The predicted molar refractivity (Wildman–Crippen MR) is 59.7 cm³/mol. The van der Waals surface area contributed by atoms with Gasteiger partial charge in [-0.25, -0.2) is 4.79 Å². The molecule has 1 aliphatic rings. The van der Waals surface area contributed by atoms with E-state index in [1.807, 2.05) is 0 Å². The molecule has 1 aliphatic heterocycles. The number of ether oxygens (including phenoxy) is 1. The second kappa shape index (κ2) is 4.37. The lowest BCUT2D eigenvalue weighted by molar-refractivity contribution is -0.137. The van der Waals surface area contributed by atoms with Gasteiger partial charge in [0.15, 0.2) is 0 Å². The number of esters is 1. The Bertz CT molecular complexity index is 507. The summed E-state index contributed by atoms with van der Waals surface area (Å²) in [6, 6.07) is 4.89. The van der Waals surface area contributed by atoms with Crippen molar-refractivity contribution in [3.8, 4) is 0 Å². The third-order valence-electron chi connectivity index (χ3n) is 2.47. The maximum Gasteiger partial charge on any atom is 0.379 e. The average molecular weight is 233 g/mol. The number of benzene rings is 1. The molecule has 1 N–H and O–H groups in total. The zero-order valence-electron chi connectivity index (χ0n) is 9.28. The van der Waals surface area contributed by atoms with Gasteiger partial charge in [0.25, 0.3) is 5.78 Å². The Balaban J connectivity index is 2.35. The lowest BCUT2D eigenvalue weighted by Gasteiger charge is -2.06. The third-order valence-corrected chi connectivity index (χ3v) is 2.47. The topological polar surface area (TPSA) is 72.5 Å². The molecule has 1 heterocycles. The number of Topliss-reactive ketones (excluding diaryl/α,β-unsaturated/α-hetero) is 1. The van der Waals surface area contributed by atoms with E-state index in [2.05, 4.69) is 10.1 Å². The molecule has 5 nitrogen and oxygen atoms in total. The number of amides is 1. The van der Waals surface area contributed by atoms with Crippen LogP contribution in [0.5, 0.6) is 0 Å². The minimum atomic E-state index is -0.901. The van der Waals surface area contributed by atoms with Gasteiger partial charge in [-0.3, -0.25) is 9.59 Å². The number of hydrogen-bond acceptors (Lipinski definition) is 4. The van der Waals surface area contributed by atoms with E-state index < -0.39 is 11.8 Å². The van der Waals surface area contributed by atoms with Crippen LogP contribution in [-0.2, 0) is 20.7 Å². The SMILES string of the molecule is CCOC(=O)C(=O)c1cccc2c1NC(=O)C2. The van der Waals surface area contributed by atoms with Crippen molar-refractivity contribution in [2.45, 2.75) is 13.3 Å². The van der Waals surface area contributed by atoms with E-state index in [-0.39, 0.29) is 24.5 Å². The fourth-order valence-electron chi connectivity index (χ4n) is 1.75. The fraction of sp³-hybridized carbons (Fsp3) is 0.250. The molecule has 0 aliphatic carbocycles.